The molecule has 2 N–H and O–H groups in total. The van der Waals surface area contributed by atoms with E-state index < -0.39 is 21.5 Å². The molecule has 0 unspecified atom stereocenters. The minimum Gasteiger partial charge on any atom is -0.477 e. The summed E-state index contributed by atoms with van der Waals surface area (Å²) in [5.41, 5.74) is 2.36. The van der Waals surface area contributed by atoms with Gasteiger partial charge < -0.3 is 9.67 Å². The Bertz CT molecular complexity index is 1330. The highest BCUT2D eigenvalue weighted by Gasteiger charge is 2.27. The third-order valence-electron chi connectivity index (χ3n) is 6.69. The fourth-order valence-electron chi connectivity index (χ4n) is 5.19. The largest absolute Gasteiger partial charge is 0.477 e. The Morgan fingerprint density at radius 3 is 2.29 bits per heavy atom. The van der Waals surface area contributed by atoms with Gasteiger partial charge in [-0.05, 0) is 56.2 Å². The lowest BCUT2D eigenvalue weighted by molar-refractivity contribution is 0.0686. The van der Waals surface area contributed by atoms with Crippen LogP contribution in [-0.4, -0.2) is 29.6 Å². The van der Waals surface area contributed by atoms with Gasteiger partial charge in [0.15, 0.2) is 0 Å². The van der Waals surface area contributed by atoms with E-state index in [1.165, 1.54) is 19.3 Å². The summed E-state index contributed by atoms with van der Waals surface area (Å²) in [6.07, 6.45) is 6.82. The van der Waals surface area contributed by atoms with Gasteiger partial charge in [0.1, 0.15) is 5.69 Å². The van der Waals surface area contributed by atoms with E-state index in [1.807, 2.05) is 58.2 Å². The molecule has 34 heavy (non-hydrogen) atoms. The minimum absolute atomic E-state index is 0.227. The summed E-state index contributed by atoms with van der Waals surface area (Å²) in [5, 5.41) is 11.2. The summed E-state index contributed by atoms with van der Waals surface area (Å²) < 4.78 is 30.9. The number of benzene rings is 2. The molecule has 3 aromatic rings. The fourth-order valence-corrected chi connectivity index (χ4v) is 6.82. The predicted molar refractivity (Wildman–Crippen MR) is 136 cm³/mol. The average molecular weight is 483 g/mol. The van der Waals surface area contributed by atoms with Crippen LogP contribution in [0.25, 0.3) is 21.9 Å². The van der Waals surface area contributed by atoms with Crippen molar-refractivity contribution in [3.8, 4) is 11.1 Å². The number of sulfonamides is 1. The summed E-state index contributed by atoms with van der Waals surface area (Å²) in [6, 6.07) is 12.7. The van der Waals surface area contributed by atoms with Gasteiger partial charge in [-0.2, -0.15) is 0 Å². The summed E-state index contributed by atoms with van der Waals surface area (Å²) in [6.45, 7) is 5.45. The van der Waals surface area contributed by atoms with E-state index in [4.69, 9.17) is 0 Å². The molecule has 2 aromatic carbocycles. The number of hydrogen-bond acceptors (Lipinski definition) is 3. The second-order valence-electron chi connectivity index (χ2n) is 10.5. The van der Waals surface area contributed by atoms with Gasteiger partial charge in [-0.1, -0.05) is 62.4 Å². The van der Waals surface area contributed by atoms with Crippen molar-refractivity contribution in [3.05, 3.63) is 53.9 Å². The predicted octanol–water partition coefficient (Wildman–Crippen LogP) is 5.74. The molecule has 1 heterocycles. The number of carbonyl (C=O) groups is 1. The first-order chi connectivity index (χ1) is 16.0. The number of nitrogens with one attached hydrogen (secondary N) is 1. The smallest absolute Gasteiger partial charge is 0.352 e. The first kappa shape index (κ1) is 24.5. The highest BCUT2D eigenvalue weighted by molar-refractivity contribution is 7.89. The Labute approximate surface area is 202 Å². The lowest BCUT2D eigenvalue weighted by atomic mass is 9.84. The van der Waals surface area contributed by atoms with Crippen molar-refractivity contribution in [3.63, 3.8) is 0 Å². The van der Waals surface area contributed by atoms with Crippen LogP contribution in [0.4, 0.5) is 0 Å². The molecule has 6 nitrogen and oxygen atoms in total. The van der Waals surface area contributed by atoms with Gasteiger partial charge >= 0.3 is 5.97 Å². The molecular formula is C27H34N2O4S. The first-order valence-electron chi connectivity index (χ1n) is 12.0. The maximum Gasteiger partial charge on any atom is 0.352 e. The highest BCUT2D eigenvalue weighted by atomic mass is 32.2. The molecule has 1 aliphatic carbocycles. The van der Waals surface area contributed by atoms with Crippen molar-refractivity contribution in [2.75, 3.05) is 0 Å². The summed E-state index contributed by atoms with van der Waals surface area (Å²) in [4.78, 5) is 12.2. The van der Waals surface area contributed by atoms with E-state index in [0.29, 0.717) is 11.3 Å². The maximum atomic E-state index is 13.2. The first-order valence-corrected chi connectivity index (χ1v) is 13.4. The van der Waals surface area contributed by atoms with Gasteiger partial charge in [0.2, 0.25) is 10.0 Å². The van der Waals surface area contributed by atoms with Crippen LogP contribution in [0.2, 0.25) is 0 Å². The van der Waals surface area contributed by atoms with E-state index in [0.717, 1.165) is 41.5 Å². The average Bonchev–Trinajstić information content (AvgIpc) is 3.08. The Kier molecular flexibility index (Phi) is 6.62. The number of carboxylic acid groups (broad SMARTS) is 1. The van der Waals surface area contributed by atoms with Crippen LogP contribution < -0.4 is 4.72 Å². The van der Waals surface area contributed by atoms with Gasteiger partial charge in [0.05, 0.1) is 4.90 Å². The molecule has 0 amide bonds. The number of rotatable bonds is 6. The van der Waals surface area contributed by atoms with Crippen LogP contribution in [0.3, 0.4) is 0 Å². The molecule has 1 aliphatic rings. The van der Waals surface area contributed by atoms with Gasteiger partial charge in [-0.3, -0.25) is 0 Å². The molecule has 0 bridgehead atoms. The molecule has 0 atom stereocenters. The van der Waals surface area contributed by atoms with Crippen LogP contribution >= 0.6 is 0 Å². The van der Waals surface area contributed by atoms with Crippen LogP contribution in [0.1, 0.15) is 69.1 Å². The molecule has 0 radical (unpaired) electrons. The molecular weight excluding hydrogens is 448 g/mol. The minimum atomic E-state index is -3.74. The number of fused-ring (bicyclic) bond motifs is 1. The standard InChI is InChI=1S/C27H34N2O4S/c1-27(2,3)28-34(32,33)25-15-14-20(19-12-8-9-13-21(19)25)22-17-24(26(30)31)29(4)23(22)16-18-10-6-5-7-11-18/h8-9,12-15,17-18,28H,5-7,10-11,16H2,1-4H3,(H,30,31). The van der Waals surface area contributed by atoms with Crippen molar-refractivity contribution in [2.45, 2.75) is 69.7 Å². The normalized spacial score (nSPS) is 15.6. The van der Waals surface area contributed by atoms with Gasteiger partial charge in [-0.15, -0.1) is 0 Å². The van der Waals surface area contributed by atoms with Crippen LogP contribution in [0.5, 0.6) is 0 Å². The van der Waals surface area contributed by atoms with Crippen LogP contribution in [-0.2, 0) is 23.5 Å². The van der Waals surface area contributed by atoms with E-state index in [1.54, 1.807) is 16.7 Å². The monoisotopic (exact) mass is 482 g/mol. The van der Waals surface area contributed by atoms with Crippen LogP contribution in [0.15, 0.2) is 47.4 Å². The molecule has 4 rings (SSSR count). The van der Waals surface area contributed by atoms with Crippen molar-refractivity contribution < 1.29 is 18.3 Å². The van der Waals surface area contributed by atoms with Crippen molar-refractivity contribution in [1.82, 2.24) is 9.29 Å². The second-order valence-corrected chi connectivity index (χ2v) is 12.1. The molecule has 1 fully saturated rings. The molecule has 1 aromatic heterocycles. The van der Waals surface area contributed by atoms with E-state index in [-0.39, 0.29) is 10.6 Å². The molecule has 182 valence electrons. The van der Waals surface area contributed by atoms with Crippen molar-refractivity contribution >= 4 is 26.8 Å². The van der Waals surface area contributed by atoms with Crippen molar-refractivity contribution in [2.24, 2.45) is 13.0 Å². The number of aromatic carboxylic acids is 1. The number of hydrogen-bond donors (Lipinski definition) is 2. The zero-order chi connectivity index (χ0) is 24.7. The third kappa shape index (κ3) is 4.91. The van der Waals surface area contributed by atoms with Gasteiger partial charge in [-0.25, -0.2) is 17.9 Å². The Morgan fingerprint density at radius 2 is 1.68 bits per heavy atom. The van der Waals surface area contributed by atoms with Crippen molar-refractivity contribution in [1.29, 1.82) is 0 Å². The summed E-state index contributed by atoms with van der Waals surface area (Å²) in [7, 11) is -1.92. The Balaban J connectivity index is 1.89. The van der Waals surface area contributed by atoms with E-state index in [9.17, 15) is 18.3 Å². The molecule has 0 saturated heterocycles. The number of carboxylic acids is 1. The number of aromatic nitrogens is 1. The molecule has 7 heteroatoms. The quantitative estimate of drug-likeness (QED) is 0.469. The zero-order valence-electron chi connectivity index (χ0n) is 20.4. The lowest BCUT2D eigenvalue weighted by Gasteiger charge is -2.23. The maximum absolute atomic E-state index is 13.2. The number of nitrogens with zero attached hydrogens (tertiary/aromatic N) is 1. The van der Waals surface area contributed by atoms with Gasteiger partial charge in [0, 0.05) is 29.2 Å². The van der Waals surface area contributed by atoms with E-state index >= 15 is 0 Å². The summed E-state index contributed by atoms with van der Waals surface area (Å²) >= 11 is 0. The Morgan fingerprint density at radius 1 is 1.03 bits per heavy atom. The molecule has 1 saturated carbocycles. The topological polar surface area (TPSA) is 88.4 Å². The fraction of sp³-hybridized carbons (Fsp3) is 0.444. The van der Waals surface area contributed by atoms with E-state index in [2.05, 4.69) is 4.72 Å². The lowest BCUT2D eigenvalue weighted by Crippen LogP contribution is -2.40. The van der Waals surface area contributed by atoms with Crippen LogP contribution in [0, 0.1) is 5.92 Å². The second kappa shape index (κ2) is 9.19. The molecule has 0 spiro atoms. The molecule has 0 aliphatic heterocycles. The third-order valence-corrected chi connectivity index (χ3v) is 8.50. The SMILES string of the molecule is Cn1c(C(=O)O)cc(-c2ccc(S(=O)(=O)NC(C)(C)C)c3ccccc23)c1CC1CCCCC1. The van der Waals surface area contributed by atoms with Gasteiger partial charge in [0.25, 0.3) is 0 Å². The zero-order valence-corrected chi connectivity index (χ0v) is 21.2. The Hall–Kier alpha value is -2.64. The summed E-state index contributed by atoms with van der Waals surface area (Å²) in [5.74, 6) is -0.429. The highest BCUT2D eigenvalue weighted by Crippen LogP contribution is 2.38.